The molecule has 0 heterocycles. The molecule has 5 heteroatoms. The highest BCUT2D eigenvalue weighted by molar-refractivity contribution is 6.39. The molecule has 1 rings (SSSR count). The Hall–Kier alpha value is -1.88. The zero-order chi connectivity index (χ0) is 16.2. The van der Waals surface area contributed by atoms with E-state index in [0.29, 0.717) is 5.69 Å². The van der Waals surface area contributed by atoms with Crippen LogP contribution in [-0.2, 0) is 9.59 Å². The normalized spacial score (nSPS) is 12.7. The van der Waals surface area contributed by atoms with Gasteiger partial charge < -0.3 is 15.7 Å². The number of anilines is 1. The van der Waals surface area contributed by atoms with Gasteiger partial charge in [-0.05, 0) is 42.5 Å². The van der Waals surface area contributed by atoms with Crippen molar-refractivity contribution < 1.29 is 14.7 Å². The molecule has 0 spiro atoms. The number of rotatable bonds is 3. The molecule has 1 aromatic rings. The summed E-state index contributed by atoms with van der Waals surface area (Å²) in [6, 6.07) is 5.44. The molecule has 0 aliphatic carbocycles. The van der Waals surface area contributed by atoms with Crippen LogP contribution in [0, 0.1) is 19.3 Å². The molecular weight excluding hydrogens is 268 g/mol. The second kappa shape index (κ2) is 6.72. The third-order valence-electron chi connectivity index (χ3n) is 3.43. The molecule has 116 valence electrons. The van der Waals surface area contributed by atoms with Crippen LogP contribution in [-0.4, -0.2) is 29.6 Å². The molecule has 0 aliphatic rings. The summed E-state index contributed by atoms with van der Waals surface area (Å²) in [5.74, 6) is -1.49. The molecule has 0 fully saturated rings. The molecular formula is C16H24N2O3. The maximum Gasteiger partial charge on any atom is 0.313 e. The Labute approximate surface area is 125 Å². The molecule has 0 unspecified atom stereocenters. The van der Waals surface area contributed by atoms with E-state index in [0.717, 1.165) is 11.1 Å². The van der Waals surface area contributed by atoms with Crippen LogP contribution in [0.4, 0.5) is 5.69 Å². The molecule has 3 N–H and O–H groups in total. The van der Waals surface area contributed by atoms with Crippen LogP contribution in [0.25, 0.3) is 0 Å². The maximum atomic E-state index is 11.8. The third-order valence-corrected chi connectivity index (χ3v) is 3.43. The quantitative estimate of drug-likeness (QED) is 0.743. The average molecular weight is 292 g/mol. The van der Waals surface area contributed by atoms with Gasteiger partial charge in [0, 0.05) is 12.2 Å². The van der Waals surface area contributed by atoms with Gasteiger partial charge in [-0.15, -0.1) is 0 Å². The number of carbonyl (C=O) groups is 2. The summed E-state index contributed by atoms with van der Waals surface area (Å²) in [5, 5.41) is 14.8. The first-order chi connectivity index (χ1) is 9.61. The lowest BCUT2D eigenvalue weighted by Crippen LogP contribution is -2.43. The second-order valence-corrected chi connectivity index (χ2v) is 6.35. The number of amides is 2. The van der Waals surface area contributed by atoms with Crippen LogP contribution >= 0.6 is 0 Å². The first-order valence-corrected chi connectivity index (χ1v) is 6.95. The topological polar surface area (TPSA) is 78.4 Å². The molecule has 0 bridgehead atoms. The third kappa shape index (κ3) is 5.19. The van der Waals surface area contributed by atoms with E-state index in [-0.39, 0.29) is 12.0 Å². The first-order valence-electron chi connectivity index (χ1n) is 6.95. The van der Waals surface area contributed by atoms with Gasteiger partial charge >= 0.3 is 11.8 Å². The summed E-state index contributed by atoms with van der Waals surface area (Å²) in [6.07, 6.45) is -0.712. The van der Waals surface area contributed by atoms with Gasteiger partial charge in [-0.1, -0.05) is 26.8 Å². The number of hydrogen-bond donors (Lipinski definition) is 3. The number of aliphatic hydroxyl groups excluding tert-OH is 1. The van der Waals surface area contributed by atoms with E-state index in [1.54, 1.807) is 6.07 Å². The zero-order valence-corrected chi connectivity index (χ0v) is 13.3. The lowest BCUT2D eigenvalue weighted by molar-refractivity contribution is -0.136. The van der Waals surface area contributed by atoms with E-state index in [1.807, 2.05) is 46.8 Å². The Bertz CT molecular complexity index is 533. The first kappa shape index (κ1) is 17.2. The minimum atomic E-state index is -0.753. The fourth-order valence-corrected chi connectivity index (χ4v) is 1.58. The number of hydrogen-bond acceptors (Lipinski definition) is 3. The summed E-state index contributed by atoms with van der Waals surface area (Å²) in [5.41, 5.74) is 2.38. The SMILES string of the molecule is Cc1ccc(NC(=O)C(=O)NC[C@H](O)C(C)(C)C)cc1C. The van der Waals surface area contributed by atoms with Crippen LogP contribution in [0.5, 0.6) is 0 Å². The molecule has 5 nitrogen and oxygen atoms in total. The lowest BCUT2D eigenvalue weighted by Gasteiger charge is -2.25. The highest BCUT2D eigenvalue weighted by Gasteiger charge is 2.23. The van der Waals surface area contributed by atoms with E-state index in [1.165, 1.54) is 0 Å². The number of benzene rings is 1. The van der Waals surface area contributed by atoms with Gasteiger partial charge in [0.2, 0.25) is 0 Å². The van der Waals surface area contributed by atoms with Gasteiger partial charge in [0.1, 0.15) is 0 Å². The van der Waals surface area contributed by atoms with Crippen molar-refractivity contribution >= 4 is 17.5 Å². The average Bonchev–Trinajstić information content (AvgIpc) is 2.38. The molecule has 0 aliphatic heterocycles. The minimum Gasteiger partial charge on any atom is -0.391 e. The Morgan fingerprint density at radius 2 is 1.76 bits per heavy atom. The van der Waals surface area contributed by atoms with E-state index in [4.69, 9.17) is 0 Å². The highest BCUT2D eigenvalue weighted by Crippen LogP contribution is 2.18. The van der Waals surface area contributed by atoms with Gasteiger partial charge in [-0.25, -0.2) is 0 Å². The van der Waals surface area contributed by atoms with Crippen LogP contribution in [0.3, 0.4) is 0 Å². The van der Waals surface area contributed by atoms with Crippen molar-refractivity contribution in [1.29, 1.82) is 0 Å². The fraction of sp³-hybridized carbons (Fsp3) is 0.500. The van der Waals surface area contributed by atoms with Crippen molar-refractivity contribution in [2.24, 2.45) is 5.41 Å². The molecule has 0 saturated carbocycles. The molecule has 1 atom stereocenters. The zero-order valence-electron chi connectivity index (χ0n) is 13.3. The number of carbonyl (C=O) groups excluding carboxylic acids is 2. The van der Waals surface area contributed by atoms with E-state index in [2.05, 4.69) is 10.6 Å². The summed E-state index contributed by atoms with van der Waals surface area (Å²) < 4.78 is 0. The van der Waals surface area contributed by atoms with Crippen molar-refractivity contribution in [3.05, 3.63) is 29.3 Å². The predicted molar refractivity (Wildman–Crippen MR) is 83.0 cm³/mol. The molecule has 0 aromatic heterocycles. The van der Waals surface area contributed by atoms with E-state index in [9.17, 15) is 14.7 Å². The van der Waals surface area contributed by atoms with Crippen molar-refractivity contribution in [1.82, 2.24) is 5.32 Å². The monoisotopic (exact) mass is 292 g/mol. The standard InChI is InChI=1S/C16H24N2O3/c1-10-6-7-12(8-11(10)2)18-15(21)14(20)17-9-13(19)16(3,4)5/h6-8,13,19H,9H2,1-5H3,(H,17,20)(H,18,21)/t13-/m0/s1. The Morgan fingerprint density at radius 1 is 1.14 bits per heavy atom. The van der Waals surface area contributed by atoms with Crippen molar-refractivity contribution in [2.75, 3.05) is 11.9 Å². The van der Waals surface area contributed by atoms with Crippen LogP contribution in [0.1, 0.15) is 31.9 Å². The molecule has 0 radical (unpaired) electrons. The molecule has 1 aromatic carbocycles. The number of nitrogens with one attached hydrogen (secondary N) is 2. The predicted octanol–water partition coefficient (Wildman–Crippen LogP) is 1.77. The Balaban J connectivity index is 2.55. The van der Waals surface area contributed by atoms with Crippen LogP contribution in [0.15, 0.2) is 18.2 Å². The summed E-state index contributed by atoms with van der Waals surface area (Å²) in [6.45, 7) is 9.53. The molecule has 21 heavy (non-hydrogen) atoms. The smallest absolute Gasteiger partial charge is 0.313 e. The van der Waals surface area contributed by atoms with E-state index < -0.39 is 17.9 Å². The van der Waals surface area contributed by atoms with Gasteiger partial charge in [0.15, 0.2) is 0 Å². The van der Waals surface area contributed by atoms with E-state index >= 15 is 0 Å². The lowest BCUT2D eigenvalue weighted by atomic mass is 9.89. The number of aliphatic hydroxyl groups is 1. The summed E-state index contributed by atoms with van der Waals surface area (Å²) in [4.78, 5) is 23.5. The minimum absolute atomic E-state index is 0.0443. The Kier molecular flexibility index (Phi) is 5.49. The van der Waals surface area contributed by atoms with Crippen molar-refractivity contribution in [2.45, 2.75) is 40.7 Å². The summed E-state index contributed by atoms with van der Waals surface area (Å²) >= 11 is 0. The highest BCUT2D eigenvalue weighted by atomic mass is 16.3. The number of aryl methyl sites for hydroxylation is 2. The fourth-order valence-electron chi connectivity index (χ4n) is 1.58. The maximum absolute atomic E-state index is 11.8. The van der Waals surface area contributed by atoms with Gasteiger partial charge in [-0.3, -0.25) is 9.59 Å². The summed E-state index contributed by atoms with van der Waals surface area (Å²) in [7, 11) is 0. The van der Waals surface area contributed by atoms with Crippen LogP contribution < -0.4 is 10.6 Å². The molecule has 0 saturated heterocycles. The van der Waals surface area contributed by atoms with Gasteiger partial charge in [-0.2, -0.15) is 0 Å². The van der Waals surface area contributed by atoms with Crippen molar-refractivity contribution in [3.63, 3.8) is 0 Å². The largest absolute Gasteiger partial charge is 0.391 e. The van der Waals surface area contributed by atoms with Crippen molar-refractivity contribution in [3.8, 4) is 0 Å². The second-order valence-electron chi connectivity index (χ2n) is 6.35. The van der Waals surface area contributed by atoms with Gasteiger partial charge in [0.05, 0.1) is 6.10 Å². The van der Waals surface area contributed by atoms with Gasteiger partial charge in [0.25, 0.3) is 0 Å². The molecule has 2 amide bonds. The van der Waals surface area contributed by atoms with Crippen LogP contribution in [0.2, 0.25) is 0 Å². The Morgan fingerprint density at radius 3 is 2.29 bits per heavy atom.